The average molecular weight is 205 g/mol. The third-order valence-electron chi connectivity index (χ3n) is 3.71. The Labute approximate surface area is 87.5 Å². The van der Waals surface area contributed by atoms with Gasteiger partial charge in [-0.2, -0.15) is 0 Å². The fourth-order valence-electron chi connectivity index (χ4n) is 2.29. The van der Waals surface area contributed by atoms with Crippen molar-refractivity contribution in [1.29, 1.82) is 0 Å². The molecule has 0 unspecified atom stereocenters. The predicted octanol–water partition coefficient (Wildman–Crippen LogP) is 3.03. The molecule has 0 N–H and O–H groups in total. The van der Waals surface area contributed by atoms with Crippen LogP contribution in [0.4, 0.5) is 0 Å². The van der Waals surface area contributed by atoms with E-state index >= 15 is 0 Å². The number of allylic oxidation sites excluding steroid dienone is 4. The van der Waals surface area contributed by atoms with Gasteiger partial charge in [-0.1, -0.05) is 18.1 Å². The van der Waals surface area contributed by atoms with Gasteiger partial charge in [0.15, 0.2) is 0 Å². The van der Waals surface area contributed by atoms with Gasteiger partial charge < -0.3 is 0 Å². The lowest BCUT2D eigenvalue weighted by Gasteiger charge is -2.31. The Kier molecular flexibility index (Phi) is 3.03. The molecule has 1 rings (SSSR count). The van der Waals surface area contributed by atoms with Gasteiger partial charge in [-0.25, -0.2) is 0 Å². The van der Waals surface area contributed by atoms with Crippen LogP contribution in [-0.4, -0.2) is 18.8 Å². The van der Waals surface area contributed by atoms with Crippen molar-refractivity contribution in [2.45, 2.75) is 46.1 Å². The summed E-state index contributed by atoms with van der Waals surface area (Å²) in [4.78, 5) is 0. The summed E-state index contributed by atoms with van der Waals surface area (Å²) in [6.45, 7) is 11.3. The Balaban J connectivity index is 3.28. The minimum absolute atomic E-state index is 0.338. The van der Waals surface area contributed by atoms with Crippen LogP contribution in [0.1, 0.15) is 41.0 Å². The topological polar surface area (TPSA) is 0 Å². The molecule has 0 aromatic carbocycles. The van der Waals surface area contributed by atoms with E-state index in [0.717, 1.165) is 9.04 Å². The summed E-state index contributed by atoms with van der Waals surface area (Å²) in [5, 5.41) is 0.338. The van der Waals surface area contributed by atoms with Gasteiger partial charge in [-0.05, 0) is 50.3 Å². The quantitative estimate of drug-likeness (QED) is 0.608. The van der Waals surface area contributed by atoms with Crippen molar-refractivity contribution in [2.75, 3.05) is 0 Å². The Bertz CT molecular complexity index is 254. The van der Waals surface area contributed by atoms with Crippen molar-refractivity contribution < 1.29 is 0 Å². The third-order valence-corrected chi connectivity index (χ3v) is 6.52. The van der Waals surface area contributed by atoms with Crippen LogP contribution in [-0.2, 0) is 0 Å². The normalized spacial score (nSPS) is 21.7. The zero-order valence-corrected chi connectivity index (χ0v) is 11.2. The van der Waals surface area contributed by atoms with Crippen LogP contribution in [0.2, 0.25) is 5.04 Å². The van der Waals surface area contributed by atoms with E-state index in [-0.39, 0.29) is 0 Å². The second-order valence-electron chi connectivity index (χ2n) is 3.88. The predicted molar refractivity (Wildman–Crippen MR) is 61.2 cm³/mol. The van der Waals surface area contributed by atoms with E-state index in [1.807, 2.05) is 0 Å². The molecule has 0 aromatic heterocycles. The molecule has 0 aromatic rings. The highest BCUT2D eigenvalue weighted by atomic mass is 29.1. The molecule has 0 nitrogen and oxygen atoms in total. The first-order valence-electron chi connectivity index (χ1n) is 4.81. The molecule has 0 bridgehead atoms. The van der Waals surface area contributed by atoms with Gasteiger partial charge >= 0.3 is 0 Å². The third kappa shape index (κ3) is 1.31. The second kappa shape index (κ2) is 3.58. The molecule has 0 heterocycles. The first-order chi connectivity index (χ1) is 6.01. The van der Waals surface area contributed by atoms with Gasteiger partial charge in [-0.15, -0.1) is 0 Å². The van der Waals surface area contributed by atoms with Crippen LogP contribution in [0.5, 0.6) is 0 Å². The highest BCUT2D eigenvalue weighted by Gasteiger charge is 2.37. The maximum Gasteiger partial charge on any atom is 0.0377 e. The lowest BCUT2D eigenvalue weighted by molar-refractivity contribution is 0.715. The molecule has 0 amide bonds. The van der Waals surface area contributed by atoms with E-state index in [9.17, 15) is 0 Å². The summed E-state index contributed by atoms with van der Waals surface area (Å²) >= 11 is 0. The maximum atomic E-state index is 3.74. The lowest BCUT2D eigenvalue weighted by atomic mass is 9.92. The van der Waals surface area contributed by atoms with Crippen LogP contribution in [0.25, 0.3) is 0 Å². The molecule has 1 aliphatic rings. The zero-order chi connectivity index (χ0) is 10.2. The fourth-order valence-corrected chi connectivity index (χ4v) is 4.87. The molecule has 13 heavy (non-hydrogen) atoms. The van der Waals surface area contributed by atoms with Crippen LogP contribution in [0, 0.1) is 0 Å². The van der Waals surface area contributed by atoms with E-state index < -0.39 is 0 Å². The summed E-state index contributed by atoms with van der Waals surface area (Å²) in [7, 11) is 4.54. The summed E-state index contributed by atoms with van der Waals surface area (Å²) in [5.41, 5.74) is 6.15. The van der Waals surface area contributed by atoms with Crippen molar-refractivity contribution in [3.05, 3.63) is 22.3 Å². The minimum atomic E-state index is 0.338. The van der Waals surface area contributed by atoms with Crippen molar-refractivity contribution in [1.82, 2.24) is 0 Å². The monoisotopic (exact) mass is 205 g/mol. The van der Waals surface area contributed by atoms with Gasteiger partial charge in [0.1, 0.15) is 0 Å². The molecule has 0 aliphatic heterocycles. The van der Waals surface area contributed by atoms with Crippen LogP contribution < -0.4 is 0 Å². The molecule has 0 atom stereocenters. The largest absolute Gasteiger partial charge is 0.0645 e. The Hall–Kier alpha value is -0.0862. The van der Waals surface area contributed by atoms with E-state index in [2.05, 4.69) is 44.4 Å². The summed E-state index contributed by atoms with van der Waals surface area (Å²) in [6.07, 6.45) is 1.21. The molecule has 69 valence electrons. The smallest absolute Gasteiger partial charge is 0.0377 e. The van der Waals surface area contributed by atoms with E-state index in [1.165, 1.54) is 17.6 Å². The van der Waals surface area contributed by atoms with E-state index in [4.69, 9.17) is 0 Å². The molecule has 2 heteroatoms. The van der Waals surface area contributed by atoms with Gasteiger partial charge in [0.05, 0.1) is 0 Å². The molecule has 0 saturated heterocycles. The minimum Gasteiger partial charge on any atom is -0.0645 e. The van der Waals surface area contributed by atoms with Gasteiger partial charge in [-0.3, -0.25) is 0 Å². The van der Waals surface area contributed by atoms with Crippen LogP contribution in [0.15, 0.2) is 22.3 Å². The summed E-state index contributed by atoms with van der Waals surface area (Å²) < 4.78 is 0. The molecule has 0 fully saturated rings. The fraction of sp³-hybridized carbons (Fsp3) is 0.636. The second-order valence-corrected chi connectivity index (χ2v) is 5.74. The van der Waals surface area contributed by atoms with Crippen molar-refractivity contribution in [3.63, 3.8) is 0 Å². The Morgan fingerprint density at radius 2 is 1.46 bits per heavy atom. The SMILES string of the molecule is CCC1([Si][Si])C(C)=C(C)C(C)=C1C. The summed E-state index contributed by atoms with van der Waals surface area (Å²) in [5.74, 6) is 0. The standard InChI is InChI=1S/C11H17Si2/c1-6-11(13-12)9(4)7(2)8(3)10(11)5/h6H2,1-5H3. The Morgan fingerprint density at radius 3 is 1.62 bits per heavy atom. The maximum absolute atomic E-state index is 3.74. The highest BCUT2D eigenvalue weighted by Crippen LogP contribution is 2.53. The molecule has 1 aliphatic carbocycles. The van der Waals surface area contributed by atoms with Crippen molar-refractivity contribution >= 4 is 18.8 Å². The number of hydrogen-bond donors (Lipinski definition) is 0. The molecular weight excluding hydrogens is 188 g/mol. The first kappa shape index (κ1) is 11.0. The van der Waals surface area contributed by atoms with E-state index in [0.29, 0.717) is 5.04 Å². The van der Waals surface area contributed by atoms with Gasteiger partial charge in [0.2, 0.25) is 0 Å². The average Bonchev–Trinajstić information content (AvgIpc) is 2.31. The lowest BCUT2D eigenvalue weighted by Crippen LogP contribution is -2.21. The number of rotatable bonds is 2. The molecular formula is C11H17Si2. The highest BCUT2D eigenvalue weighted by molar-refractivity contribution is 6.92. The molecule has 5 radical (unpaired) electrons. The Morgan fingerprint density at radius 1 is 1.08 bits per heavy atom. The summed E-state index contributed by atoms with van der Waals surface area (Å²) in [6, 6.07) is 0. The van der Waals surface area contributed by atoms with Gasteiger partial charge in [0, 0.05) is 18.8 Å². The molecule has 0 saturated carbocycles. The van der Waals surface area contributed by atoms with Crippen molar-refractivity contribution in [2.24, 2.45) is 0 Å². The number of hydrogen-bond acceptors (Lipinski definition) is 0. The van der Waals surface area contributed by atoms with Crippen LogP contribution >= 0.6 is 0 Å². The van der Waals surface area contributed by atoms with Gasteiger partial charge in [0.25, 0.3) is 0 Å². The zero-order valence-electron chi connectivity index (χ0n) is 9.21. The van der Waals surface area contributed by atoms with E-state index in [1.54, 1.807) is 11.1 Å². The molecule has 0 spiro atoms. The van der Waals surface area contributed by atoms with Crippen molar-refractivity contribution in [3.8, 4) is 0 Å². The van der Waals surface area contributed by atoms with Crippen LogP contribution in [0.3, 0.4) is 0 Å². The first-order valence-corrected chi connectivity index (χ1v) is 7.31.